The standard InChI is InChI=1S/C37H17N7/c38-18-22-8-12-25(13-9-22)35-36(26-14-10-23(19-39)11-15-26)44-37-31(43-35)17-28(21-41)32-33(37)29-6-1-2-7-30(29)42-34(32)27-5-3-4-24(16-27)20-40/h1-17H. The van der Waals surface area contributed by atoms with Crippen molar-refractivity contribution in [2.45, 2.75) is 0 Å². The molecule has 0 aliphatic carbocycles. The topological polar surface area (TPSA) is 134 Å². The molecule has 44 heavy (non-hydrogen) atoms. The van der Waals surface area contributed by atoms with Crippen molar-refractivity contribution in [1.82, 2.24) is 15.0 Å². The van der Waals surface area contributed by atoms with Gasteiger partial charge >= 0.3 is 0 Å². The fourth-order valence-corrected chi connectivity index (χ4v) is 5.50. The minimum Gasteiger partial charge on any atom is -0.247 e. The Balaban J connectivity index is 1.65. The Morgan fingerprint density at radius 2 is 1.05 bits per heavy atom. The molecule has 0 N–H and O–H groups in total. The Kier molecular flexibility index (Phi) is 6.19. The summed E-state index contributed by atoms with van der Waals surface area (Å²) in [4.78, 5) is 15.3. The van der Waals surface area contributed by atoms with Gasteiger partial charge in [-0.3, -0.25) is 0 Å². The highest BCUT2D eigenvalue weighted by Crippen LogP contribution is 2.40. The van der Waals surface area contributed by atoms with Crippen molar-refractivity contribution in [3.05, 3.63) is 125 Å². The zero-order valence-corrected chi connectivity index (χ0v) is 22.9. The van der Waals surface area contributed by atoms with E-state index >= 15 is 0 Å². The van der Waals surface area contributed by atoms with Crippen LogP contribution in [0.3, 0.4) is 0 Å². The van der Waals surface area contributed by atoms with Gasteiger partial charge in [0.15, 0.2) is 0 Å². The molecule has 0 amide bonds. The number of rotatable bonds is 3. The SMILES string of the molecule is N#Cc1ccc(-c2nc3cc(C#N)c4c(-c5cccc(C#N)c5)nc5ccccc5c4c3nc2-c2ccc(C#N)cc2)cc1. The van der Waals surface area contributed by atoms with E-state index in [1.54, 1.807) is 48.5 Å². The monoisotopic (exact) mass is 559 g/mol. The zero-order chi connectivity index (χ0) is 30.2. The Hall–Kier alpha value is -6.93. The summed E-state index contributed by atoms with van der Waals surface area (Å²) in [7, 11) is 0. The van der Waals surface area contributed by atoms with Crippen molar-refractivity contribution in [3.8, 4) is 58.0 Å². The summed E-state index contributed by atoms with van der Waals surface area (Å²) in [5.41, 5.74) is 7.71. The van der Waals surface area contributed by atoms with Crippen LogP contribution in [0.5, 0.6) is 0 Å². The van der Waals surface area contributed by atoms with E-state index in [4.69, 9.17) is 15.0 Å². The zero-order valence-electron chi connectivity index (χ0n) is 22.9. The fraction of sp³-hybridized carbons (Fsp3) is 0. The quantitative estimate of drug-likeness (QED) is 0.201. The largest absolute Gasteiger partial charge is 0.247 e. The molecular weight excluding hydrogens is 542 g/mol. The highest BCUT2D eigenvalue weighted by atomic mass is 14.8. The van der Waals surface area contributed by atoms with Gasteiger partial charge in [-0.2, -0.15) is 21.0 Å². The Morgan fingerprint density at radius 3 is 1.68 bits per heavy atom. The van der Waals surface area contributed by atoms with Gasteiger partial charge in [0, 0.05) is 32.8 Å². The number of para-hydroxylation sites is 1. The number of nitriles is 4. The van der Waals surface area contributed by atoms with Gasteiger partial charge in [0.2, 0.25) is 0 Å². The van der Waals surface area contributed by atoms with Gasteiger partial charge in [0.05, 0.1) is 80.2 Å². The maximum absolute atomic E-state index is 10.4. The van der Waals surface area contributed by atoms with Crippen LogP contribution in [0.2, 0.25) is 0 Å². The molecule has 0 atom stereocenters. The molecule has 0 unspecified atom stereocenters. The lowest BCUT2D eigenvalue weighted by molar-refractivity contribution is 1.29. The Labute approximate surface area is 251 Å². The summed E-state index contributed by atoms with van der Waals surface area (Å²) >= 11 is 0. The molecule has 0 aliphatic heterocycles. The molecule has 7 rings (SSSR count). The van der Waals surface area contributed by atoms with Crippen molar-refractivity contribution >= 4 is 32.7 Å². The first kappa shape index (κ1) is 26.0. The van der Waals surface area contributed by atoms with Crippen LogP contribution >= 0.6 is 0 Å². The normalized spacial score (nSPS) is 10.6. The van der Waals surface area contributed by atoms with Crippen molar-refractivity contribution in [3.63, 3.8) is 0 Å². The fourth-order valence-electron chi connectivity index (χ4n) is 5.50. The predicted molar refractivity (Wildman–Crippen MR) is 168 cm³/mol. The van der Waals surface area contributed by atoms with Gasteiger partial charge in [-0.15, -0.1) is 0 Å². The summed E-state index contributed by atoms with van der Waals surface area (Å²) in [5, 5.41) is 40.9. The average molecular weight is 560 g/mol. The molecular formula is C37H17N7. The highest BCUT2D eigenvalue weighted by Gasteiger charge is 2.21. The van der Waals surface area contributed by atoms with Crippen LogP contribution < -0.4 is 0 Å². The van der Waals surface area contributed by atoms with Crippen LogP contribution in [-0.4, -0.2) is 15.0 Å². The molecule has 2 aromatic heterocycles. The second kappa shape index (κ2) is 10.5. The summed E-state index contributed by atoms with van der Waals surface area (Å²) in [6, 6.07) is 39.7. The molecule has 0 spiro atoms. The first-order valence-electron chi connectivity index (χ1n) is 13.6. The first-order chi connectivity index (χ1) is 21.6. The van der Waals surface area contributed by atoms with Crippen molar-refractivity contribution < 1.29 is 0 Å². The number of nitrogens with zero attached hydrogens (tertiary/aromatic N) is 7. The average Bonchev–Trinajstić information content (AvgIpc) is 3.10. The third kappa shape index (κ3) is 4.23. The lowest BCUT2D eigenvalue weighted by atomic mass is 9.94. The summed E-state index contributed by atoms with van der Waals surface area (Å²) in [6.45, 7) is 0. The number of benzene rings is 5. The minimum absolute atomic E-state index is 0.384. The molecule has 7 heteroatoms. The van der Waals surface area contributed by atoms with E-state index in [1.807, 2.05) is 54.6 Å². The molecule has 5 aromatic carbocycles. The lowest BCUT2D eigenvalue weighted by Crippen LogP contribution is -2.00. The third-order valence-corrected chi connectivity index (χ3v) is 7.56. The van der Waals surface area contributed by atoms with E-state index in [2.05, 4.69) is 24.3 Å². The van der Waals surface area contributed by atoms with Crippen molar-refractivity contribution in [1.29, 1.82) is 21.0 Å². The number of hydrogen-bond donors (Lipinski definition) is 0. The molecule has 0 bridgehead atoms. The predicted octanol–water partition coefficient (Wildman–Crippen LogP) is 7.82. The van der Waals surface area contributed by atoms with Gasteiger partial charge in [0.1, 0.15) is 0 Å². The first-order valence-corrected chi connectivity index (χ1v) is 13.6. The van der Waals surface area contributed by atoms with E-state index in [9.17, 15) is 21.0 Å². The van der Waals surface area contributed by atoms with E-state index < -0.39 is 0 Å². The molecule has 0 radical (unpaired) electrons. The molecule has 0 saturated heterocycles. The van der Waals surface area contributed by atoms with Crippen LogP contribution in [0, 0.1) is 45.3 Å². The summed E-state index contributed by atoms with van der Waals surface area (Å²) in [5.74, 6) is 0. The Bertz CT molecular complexity index is 2470. The number of hydrogen-bond acceptors (Lipinski definition) is 7. The number of pyridine rings is 1. The van der Waals surface area contributed by atoms with E-state index in [1.165, 1.54) is 0 Å². The maximum Gasteiger partial charge on any atom is 0.0999 e. The van der Waals surface area contributed by atoms with Gasteiger partial charge in [-0.05, 0) is 48.5 Å². The van der Waals surface area contributed by atoms with Gasteiger partial charge in [0.25, 0.3) is 0 Å². The molecule has 2 heterocycles. The van der Waals surface area contributed by atoms with Gasteiger partial charge in [-0.25, -0.2) is 15.0 Å². The van der Waals surface area contributed by atoms with Crippen LogP contribution in [-0.2, 0) is 0 Å². The smallest absolute Gasteiger partial charge is 0.0999 e. The number of aromatic nitrogens is 3. The molecule has 7 aromatic rings. The van der Waals surface area contributed by atoms with Crippen molar-refractivity contribution in [2.24, 2.45) is 0 Å². The third-order valence-electron chi connectivity index (χ3n) is 7.56. The second-order valence-corrected chi connectivity index (χ2v) is 10.1. The molecule has 0 saturated carbocycles. The Morgan fingerprint density at radius 1 is 0.432 bits per heavy atom. The van der Waals surface area contributed by atoms with Crippen LogP contribution in [0.4, 0.5) is 0 Å². The molecule has 0 aliphatic rings. The van der Waals surface area contributed by atoms with E-state index in [-0.39, 0.29) is 0 Å². The highest BCUT2D eigenvalue weighted by molar-refractivity contribution is 6.22. The second-order valence-electron chi connectivity index (χ2n) is 10.1. The van der Waals surface area contributed by atoms with Crippen LogP contribution in [0.25, 0.3) is 66.5 Å². The van der Waals surface area contributed by atoms with Crippen LogP contribution in [0.1, 0.15) is 22.3 Å². The maximum atomic E-state index is 10.4. The van der Waals surface area contributed by atoms with Gasteiger partial charge in [-0.1, -0.05) is 54.6 Å². The molecule has 0 fully saturated rings. The van der Waals surface area contributed by atoms with Crippen molar-refractivity contribution in [2.75, 3.05) is 0 Å². The summed E-state index contributed by atoms with van der Waals surface area (Å²) in [6.07, 6.45) is 0. The van der Waals surface area contributed by atoms with Crippen LogP contribution in [0.15, 0.2) is 103 Å². The molecule has 7 nitrogen and oxygen atoms in total. The molecule has 200 valence electrons. The minimum atomic E-state index is 0.384. The van der Waals surface area contributed by atoms with E-state index in [0.717, 1.165) is 21.9 Å². The van der Waals surface area contributed by atoms with E-state index in [0.29, 0.717) is 66.8 Å². The lowest BCUT2D eigenvalue weighted by Gasteiger charge is -2.16. The summed E-state index contributed by atoms with van der Waals surface area (Å²) < 4.78 is 0. The van der Waals surface area contributed by atoms with Gasteiger partial charge < -0.3 is 0 Å². The number of fused-ring (bicyclic) bond motifs is 5.